The molecule has 1 saturated heterocycles. The summed E-state index contributed by atoms with van der Waals surface area (Å²) in [4.78, 5) is 16.1. The summed E-state index contributed by atoms with van der Waals surface area (Å²) in [7, 11) is 0. The molecule has 0 bridgehead atoms. The second kappa shape index (κ2) is 9.33. The van der Waals surface area contributed by atoms with E-state index in [1.54, 1.807) is 18.2 Å². The molecule has 1 aliphatic rings. The Morgan fingerprint density at radius 3 is 2.57 bits per heavy atom. The van der Waals surface area contributed by atoms with Crippen LogP contribution in [0.5, 0.6) is 5.75 Å². The lowest BCUT2D eigenvalue weighted by Gasteiger charge is -2.34. The molecule has 23 heavy (non-hydrogen) atoms. The molecule has 1 aromatic carbocycles. The van der Waals surface area contributed by atoms with Gasteiger partial charge in [-0.1, -0.05) is 23.2 Å². The Labute approximate surface area is 147 Å². The second-order valence-electron chi connectivity index (χ2n) is 5.49. The van der Waals surface area contributed by atoms with Crippen LogP contribution >= 0.6 is 23.2 Å². The average Bonchev–Trinajstić information content (AvgIpc) is 2.51. The van der Waals surface area contributed by atoms with Gasteiger partial charge in [0.1, 0.15) is 12.4 Å². The maximum atomic E-state index is 11.6. The normalized spacial score (nSPS) is 16.3. The minimum absolute atomic E-state index is 0.0988. The van der Waals surface area contributed by atoms with Crippen molar-refractivity contribution in [2.75, 3.05) is 52.4 Å². The van der Waals surface area contributed by atoms with E-state index in [4.69, 9.17) is 27.9 Å². The van der Waals surface area contributed by atoms with Crippen molar-refractivity contribution in [3.05, 3.63) is 28.2 Å². The van der Waals surface area contributed by atoms with Crippen molar-refractivity contribution in [1.29, 1.82) is 0 Å². The van der Waals surface area contributed by atoms with Gasteiger partial charge in [0.25, 0.3) is 0 Å². The lowest BCUT2D eigenvalue weighted by Crippen LogP contribution is -2.50. The highest BCUT2D eigenvalue weighted by molar-refractivity contribution is 6.35. The number of carbonyl (C=O) groups is 1. The largest absolute Gasteiger partial charge is 0.491 e. The Hall–Kier alpha value is -1.01. The number of nitrogens with one attached hydrogen (secondary N) is 1. The summed E-state index contributed by atoms with van der Waals surface area (Å²) in [5.74, 6) is 0.757. The summed E-state index contributed by atoms with van der Waals surface area (Å²) in [6.07, 6.45) is 0. The maximum absolute atomic E-state index is 11.6. The molecule has 1 fully saturated rings. The third-order valence-corrected chi connectivity index (χ3v) is 4.30. The summed E-state index contributed by atoms with van der Waals surface area (Å²) in [6.45, 7) is 8.21. The molecule has 0 unspecified atom stereocenters. The lowest BCUT2D eigenvalue weighted by atomic mass is 10.3. The first kappa shape index (κ1) is 18.3. The zero-order chi connectivity index (χ0) is 16.7. The van der Waals surface area contributed by atoms with Gasteiger partial charge >= 0.3 is 0 Å². The minimum atomic E-state index is 0.0988. The van der Waals surface area contributed by atoms with Crippen LogP contribution in [0.25, 0.3) is 0 Å². The molecule has 0 atom stereocenters. The van der Waals surface area contributed by atoms with Crippen LogP contribution in [0.3, 0.4) is 0 Å². The number of carbonyl (C=O) groups excluding carboxylic acids is 1. The van der Waals surface area contributed by atoms with Gasteiger partial charge in [-0.05, 0) is 25.1 Å². The quantitative estimate of drug-likeness (QED) is 0.809. The van der Waals surface area contributed by atoms with Crippen LogP contribution in [0.2, 0.25) is 10.0 Å². The van der Waals surface area contributed by atoms with E-state index in [1.165, 1.54) is 0 Å². The van der Waals surface area contributed by atoms with Crippen molar-refractivity contribution in [3.63, 3.8) is 0 Å². The molecule has 1 amide bonds. The van der Waals surface area contributed by atoms with Crippen LogP contribution in [-0.4, -0.2) is 68.1 Å². The van der Waals surface area contributed by atoms with Crippen LogP contribution in [0.4, 0.5) is 0 Å². The van der Waals surface area contributed by atoms with Crippen LogP contribution in [0.1, 0.15) is 6.92 Å². The number of ether oxygens (including phenoxy) is 1. The van der Waals surface area contributed by atoms with Gasteiger partial charge in [-0.15, -0.1) is 0 Å². The predicted octanol–water partition coefficient (Wildman–Crippen LogP) is 2.13. The number of nitrogens with zero attached hydrogens (tertiary/aromatic N) is 2. The monoisotopic (exact) mass is 359 g/mol. The van der Waals surface area contributed by atoms with Crippen molar-refractivity contribution < 1.29 is 9.53 Å². The van der Waals surface area contributed by atoms with Crippen molar-refractivity contribution in [2.45, 2.75) is 6.92 Å². The van der Waals surface area contributed by atoms with Crippen LogP contribution in [-0.2, 0) is 4.79 Å². The molecule has 1 heterocycles. The number of likely N-dealkylation sites (N-methyl/N-ethyl adjacent to an activating group) is 1. The van der Waals surface area contributed by atoms with Crippen LogP contribution in [0.15, 0.2) is 18.2 Å². The number of benzene rings is 1. The molecule has 0 saturated carbocycles. The standard InChI is InChI=1S/C16H23Cl2N3O2/c1-2-19-16(22)12-21-7-5-20(6-8-21)9-10-23-15-4-3-13(17)11-14(15)18/h3-4,11H,2,5-10,12H2,1H3,(H,19,22). The van der Waals surface area contributed by atoms with Gasteiger partial charge in [0.15, 0.2) is 0 Å². The average molecular weight is 360 g/mol. The van der Waals surface area contributed by atoms with Crippen molar-refractivity contribution in [3.8, 4) is 5.75 Å². The number of rotatable bonds is 7. The highest BCUT2D eigenvalue weighted by Gasteiger charge is 2.18. The van der Waals surface area contributed by atoms with Crippen molar-refractivity contribution in [1.82, 2.24) is 15.1 Å². The fourth-order valence-electron chi connectivity index (χ4n) is 2.50. The van der Waals surface area contributed by atoms with E-state index in [0.29, 0.717) is 35.5 Å². The molecule has 0 spiro atoms. The zero-order valence-electron chi connectivity index (χ0n) is 13.4. The van der Waals surface area contributed by atoms with Gasteiger partial charge < -0.3 is 10.1 Å². The first-order chi connectivity index (χ1) is 11.1. The van der Waals surface area contributed by atoms with Gasteiger partial charge in [-0.3, -0.25) is 14.6 Å². The summed E-state index contributed by atoms with van der Waals surface area (Å²) < 4.78 is 5.71. The lowest BCUT2D eigenvalue weighted by molar-refractivity contribution is -0.122. The number of piperazine rings is 1. The molecule has 0 radical (unpaired) electrons. The maximum Gasteiger partial charge on any atom is 0.234 e. The van der Waals surface area contributed by atoms with E-state index in [2.05, 4.69) is 15.1 Å². The molecule has 7 heteroatoms. The molecular formula is C16H23Cl2N3O2. The third kappa shape index (κ3) is 6.18. The number of halogens is 2. The van der Waals surface area contributed by atoms with E-state index >= 15 is 0 Å². The van der Waals surface area contributed by atoms with E-state index in [-0.39, 0.29) is 5.91 Å². The van der Waals surface area contributed by atoms with Crippen LogP contribution < -0.4 is 10.1 Å². The topological polar surface area (TPSA) is 44.8 Å². The van der Waals surface area contributed by atoms with Gasteiger partial charge in [0, 0.05) is 44.3 Å². The fourth-order valence-corrected chi connectivity index (χ4v) is 2.97. The molecule has 0 aromatic heterocycles. The molecule has 0 aliphatic carbocycles. The summed E-state index contributed by atoms with van der Waals surface area (Å²) in [6, 6.07) is 5.23. The molecule has 1 N–H and O–H groups in total. The smallest absolute Gasteiger partial charge is 0.234 e. The van der Waals surface area contributed by atoms with Gasteiger partial charge in [0.05, 0.1) is 11.6 Å². The third-order valence-electron chi connectivity index (χ3n) is 3.77. The van der Waals surface area contributed by atoms with Crippen molar-refractivity contribution >= 4 is 29.1 Å². The van der Waals surface area contributed by atoms with Gasteiger partial charge in [0.2, 0.25) is 5.91 Å². The summed E-state index contributed by atoms with van der Waals surface area (Å²) >= 11 is 11.9. The summed E-state index contributed by atoms with van der Waals surface area (Å²) in [5, 5.41) is 3.96. The Kier molecular flexibility index (Phi) is 7.43. The molecule has 128 valence electrons. The fraction of sp³-hybridized carbons (Fsp3) is 0.562. The van der Waals surface area contributed by atoms with Crippen molar-refractivity contribution in [2.24, 2.45) is 0 Å². The Bertz CT molecular complexity index is 520. The minimum Gasteiger partial charge on any atom is -0.491 e. The SMILES string of the molecule is CCNC(=O)CN1CCN(CCOc2ccc(Cl)cc2Cl)CC1. The number of hydrogen-bond donors (Lipinski definition) is 1. The van der Waals surface area contributed by atoms with Crippen LogP contribution in [0, 0.1) is 0 Å². The molecule has 1 aromatic rings. The Morgan fingerprint density at radius 2 is 1.91 bits per heavy atom. The van der Waals surface area contributed by atoms with Gasteiger partial charge in [-0.25, -0.2) is 0 Å². The Morgan fingerprint density at radius 1 is 1.22 bits per heavy atom. The first-order valence-electron chi connectivity index (χ1n) is 7.87. The van der Waals surface area contributed by atoms with E-state index in [0.717, 1.165) is 32.7 Å². The molecule has 1 aliphatic heterocycles. The molecule has 5 nitrogen and oxygen atoms in total. The predicted molar refractivity (Wildman–Crippen MR) is 93.5 cm³/mol. The van der Waals surface area contributed by atoms with E-state index < -0.39 is 0 Å². The van der Waals surface area contributed by atoms with Gasteiger partial charge in [-0.2, -0.15) is 0 Å². The highest BCUT2D eigenvalue weighted by Crippen LogP contribution is 2.27. The first-order valence-corrected chi connectivity index (χ1v) is 8.63. The second-order valence-corrected chi connectivity index (χ2v) is 6.34. The molecular weight excluding hydrogens is 337 g/mol. The number of amides is 1. The van der Waals surface area contributed by atoms with E-state index in [9.17, 15) is 4.79 Å². The molecule has 2 rings (SSSR count). The number of hydrogen-bond acceptors (Lipinski definition) is 4. The van der Waals surface area contributed by atoms with E-state index in [1.807, 2.05) is 6.92 Å². The Balaban J connectivity index is 1.65. The zero-order valence-corrected chi connectivity index (χ0v) is 14.9. The summed E-state index contributed by atoms with van der Waals surface area (Å²) in [5.41, 5.74) is 0. The highest BCUT2D eigenvalue weighted by atomic mass is 35.5.